The summed E-state index contributed by atoms with van der Waals surface area (Å²) in [7, 11) is 0. The highest BCUT2D eigenvalue weighted by atomic mass is 16.2. The van der Waals surface area contributed by atoms with E-state index in [-0.39, 0.29) is 11.8 Å². The molecule has 0 bridgehead atoms. The van der Waals surface area contributed by atoms with Crippen molar-refractivity contribution in [2.75, 3.05) is 6.54 Å². The first-order valence-electron chi connectivity index (χ1n) is 7.56. The predicted octanol–water partition coefficient (Wildman–Crippen LogP) is 2.12. The molecule has 112 valence electrons. The normalized spacial score (nSPS) is 31.0. The van der Waals surface area contributed by atoms with Crippen LogP contribution in [0.2, 0.25) is 0 Å². The molecule has 4 heteroatoms. The van der Waals surface area contributed by atoms with E-state index in [4.69, 9.17) is 0 Å². The highest BCUT2D eigenvalue weighted by molar-refractivity contribution is 5.97. The molecule has 21 heavy (non-hydrogen) atoms. The standard InChI is InChI=1S/C17H22N2O2/c1-11-16(21)19(10-13-9-17(13,2)3)14(15(20)18-11)12-7-5-4-6-8-12/h4-8,11,13-14H,9-10H2,1-3H3,(H,18,20). The summed E-state index contributed by atoms with van der Waals surface area (Å²) < 4.78 is 0. The SMILES string of the molecule is CC1NC(=O)C(c2ccccc2)N(CC2CC2(C)C)C1=O. The van der Waals surface area contributed by atoms with Crippen LogP contribution in [-0.2, 0) is 9.59 Å². The molecule has 1 aliphatic heterocycles. The molecule has 0 spiro atoms. The summed E-state index contributed by atoms with van der Waals surface area (Å²) in [5.74, 6) is 0.434. The minimum Gasteiger partial charge on any atom is -0.342 e. The topological polar surface area (TPSA) is 49.4 Å². The lowest BCUT2D eigenvalue weighted by atomic mass is 9.99. The van der Waals surface area contributed by atoms with Gasteiger partial charge in [0.05, 0.1) is 0 Å². The van der Waals surface area contributed by atoms with Crippen LogP contribution >= 0.6 is 0 Å². The molecule has 3 atom stereocenters. The third-order valence-electron chi connectivity index (χ3n) is 4.82. The maximum Gasteiger partial charge on any atom is 0.248 e. The zero-order chi connectivity index (χ0) is 15.2. The Labute approximate surface area is 125 Å². The molecule has 1 aromatic carbocycles. The van der Waals surface area contributed by atoms with Crippen molar-refractivity contribution in [2.45, 2.75) is 39.3 Å². The molecule has 1 N–H and O–H groups in total. The van der Waals surface area contributed by atoms with Crippen LogP contribution in [-0.4, -0.2) is 29.3 Å². The number of carbonyl (C=O) groups excluding carboxylic acids is 2. The average molecular weight is 286 g/mol. The zero-order valence-electron chi connectivity index (χ0n) is 12.8. The molecule has 0 radical (unpaired) electrons. The van der Waals surface area contributed by atoms with Crippen molar-refractivity contribution in [3.8, 4) is 0 Å². The van der Waals surface area contributed by atoms with Crippen LogP contribution in [0.5, 0.6) is 0 Å². The van der Waals surface area contributed by atoms with E-state index in [9.17, 15) is 9.59 Å². The first-order valence-corrected chi connectivity index (χ1v) is 7.56. The van der Waals surface area contributed by atoms with Crippen LogP contribution < -0.4 is 5.32 Å². The number of piperazine rings is 1. The van der Waals surface area contributed by atoms with Crippen molar-refractivity contribution < 1.29 is 9.59 Å². The van der Waals surface area contributed by atoms with Gasteiger partial charge in [-0.2, -0.15) is 0 Å². The average Bonchev–Trinajstić information content (AvgIpc) is 3.04. The lowest BCUT2D eigenvalue weighted by molar-refractivity contribution is -0.149. The van der Waals surface area contributed by atoms with Gasteiger partial charge in [-0.25, -0.2) is 0 Å². The summed E-state index contributed by atoms with van der Waals surface area (Å²) in [6.45, 7) is 6.86. The summed E-state index contributed by atoms with van der Waals surface area (Å²) in [4.78, 5) is 26.7. The van der Waals surface area contributed by atoms with E-state index in [1.54, 1.807) is 11.8 Å². The summed E-state index contributed by atoms with van der Waals surface area (Å²) in [6, 6.07) is 8.64. The molecule has 4 nitrogen and oxygen atoms in total. The maximum atomic E-state index is 12.5. The monoisotopic (exact) mass is 286 g/mol. The molecule has 1 aliphatic carbocycles. The van der Waals surface area contributed by atoms with Gasteiger partial charge in [-0.1, -0.05) is 44.2 Å². The van der Waals surface area contributed by atoms with Crippen LogP contribution in [0.3, 0.4) is 0 Å². The second-order valence-electron chi connectivity index (χ2n) is 6.92. The molecule has 1 aromatic rings. The van der Waals surface area contributed by atoms with Crippen LogP contribution in [0.4, 0.5) is 0 Å². The molecule has 3 rings (SSSR count). The van der Waals surface area contributed by atoms with Gasteiger partial charge >= 0.3 is 0 Å². The number of nitrogens with zero attached hydrogens (tertiary/aromatic N) is 1. The van der Waals surface area contributed by atoms with Gasteiger partial charge in [0, 0.05) is 6.54 Å². The number of rotatable bonds is 3. The first-order chi connectivity index (χ1) is 9.90. The summed E-state index contributed by atoms with van der Waals surface area (Å²) in [5.41, 5.74) is 1.17. The van der Waals surface area contributed by atoms with Gasteiger partial charge < -0.3 is 10.2 Å². The number of amides is 2. The Morgan fingerprint density at radius 3 is 2.43 bits per heavy atom. The van der Waals surface area contributed by atoms with Crippen molar-refractivity contribution in [2.24, 2.45) is 11.3 Å². The lowest BCUT2D eigenvalue weighted by Gasteiger charge is -2.38. The van der Waals surface area contributed by atoms with Gasteiger partial charge in [0.1, 0.15) is 12.1 Å². The fourth-order valence-corrected chi connectivity index (χ4v) is 3.16. The number of hydrogen-bond acceptors (Lipinski definition) is 2. The van der Waals surface area contributed by atoms with Gasteiger partial charge in [-0.3, -0.25) is 9.59 Å². The molecule has 2 amide bonds. The van der Waals surface area contributed by atoms with Gasteiger partial charge in [0.2, 0.25) is 11.8 Å². The molecule has 1 saturated heterocycles. The smallest absolute Gasteiger partial charge is 0.248 e. The Hall–Kier alpha value is -1.84. The quantitative estimate of drug-likeness (QED) is 0.925. The first kappa shape index (κ1) is 14.1. The van der Waals surface area contributed by atoms with Crippen LogP contribution in [0, 0.1) is 11.3 Å². The van der Waals surface area contributed by atoms with Crippen molar-refractivity contribution >= 4 is 11.8 Å². The Morgan fingerprint density at radius 2 is 1.86 bits per heavy atom. The number of hydrogen-bond donors (Lipinski definition) is 1. The fraction of sp³-hybridized carbons (Fsp3) is 0.529. The minimum atomic E-state index is -0.494. The van der Waals surface area contributed by atoms with Crippen LogP contribution in [0.25, 0.3) is 0 Å². The van der Waals surface area contributed by atoms with Crippen molar-refractivity contribution in [3.05, 3.63) is 35.9 Å². The van der Waals surface area contributed by atoms with Gasteiger partial charge in [-0.05, 0) is 30.2 Å². The second-order valence-corrected chi connectivity index (χ2v) is 6.92. The minimum absolute atomic E-state index is 0.0196. The molecule has 3 unspecified atom stereocenters. The van der Waals surface area contributed by atoms with Gasteiger partial charge in [0.15, 0.2) is 0 Å². The largest absolute Gasteiger partial charge is 0.342 e. The second kappa shape index (κ2) is 4.86. The number of carbonyl (C=O) groups is 2. The van der Waals surface area contributed by atoms with Gasteiger partial charge in [0.25, 0.3) is 0 Å². The Bertz CT molecular complexity index is 567. The van der Waals surface area contributed by atoms with Crippen molar-refractivity contribution in [1.82, 2.24) is 10.2 Å². The molecule has 2 fully saturated rings. The molecule has 1 heterocycles. The molecule has 2 aliphatic rings. The highest BCUT2D eigenvalue weighted by Crippen LogP contribution is 2.52. The molecule has 0 aromatic heterocycles. The molecule has 1 saturated carbocycles. The van der Waals surface area contributed by atoms with E-state index in [2.05, 4.69) is 19.2 Å². The summed E-state index contributed by atoms with van der Waals surface area (Å²) in [5, 5.41) is 2.79. The van der Waals surface area contributed by atoms with Crippen LogP contribution in [0.1, 0.15) is 38.8 Å². The van der Waals surface area contributed by atoms with E-state index in [0.29, 0.717) is 17.9 Å². The Balaban J connectivity index is 1.89. The number of benzene rings is 1. The van der Waals surface area contributed by atoms with Crippen molar-refractivity contribution in [3.63, 3.8) is 0 Å². The third kappa shape index (κ3) is 2.55. The van der Waals surface area contributed by atoms with Crippen molar-refractivity contribution in [1.29, 1.82) is 0 Å². The van der Waals surface area contributed by atoms with E-state index in [0.717, 1.165) is 12.0 Å². The Morgan fingerprint density at radius 1 is 1.24 bits per heavy atom. The fourth-order valence-electron chi connectivity index (χ4n) is 3.16. The Kier molecular flexibility index (Phi) is 3.27. The third-order valence-corrected chi connectivity index (χ3v) is 4.82. The summed E-state index contributed by atoms with van der Waals surface area (Å²) >= 11 is 0. The highest BCUT2D eigenvalue weighted by Gasteiger charge is 2.49. The maximum absolute atomic E-state index is 12.5. The summed E-state index contributed by atoms with van der Waals surface area (Å²) in [6.07, 6.45) is 1.12. The van der Waals surface area contributed by atoms with Crippen LogP contribution in [0.15, 0.2) is 30.3 Å². The lowest BCUT2D eigenvalue weighted by Crippen LogP contribution is -2.58. The molecular weight excluding hydrogens is 264 g/mol. The number of nitrogens with one attached hydrogen (secondary N) is 1. The van der Waals surface area contributed by atoms with E-state index >= 15 is 0 Å². The van der Waals surface area contributed by atoms with E-state index in [1.165, 1.54) is 0 Å². The zero-order valence-corrected chi connectivity index (χ0v) is 12.8. The molecular formula is C17H22N2O2. The van der Waals surface area contributed by atoms with E-state index in [1.807, 2.05) is 30.3 Å². The van der Waals surface area contributed by atoms with Gasteiger partial charge in [-0.15, -0.1) is 0 Å². The van der Waals surface area contributed by atoms with E-state index < -0.39 is 12.1 Å². The predicted molar refractivity (Wildman–Crippen MR) is 80.4 cm³/mol.